The Bertz CT molecular complexity index is 654. The van der Waals surface area contributed by atoms with Crippen LogP contribution in [-0.4, -0.2) is 20.8 Å². The molecule has 0 saturated heterocycles. The average Bonchev–Trinajstić information content (AvgIpc) is 3.00. The van der Waals surface area contributed by atoms with Crippen molar-refractivity contribution in [1.82, 2.24) is 0 Å². The quantitative estimate of drug-likeness (QED) is 0.938. The van der Waals surface area contributed by atoms with Crippen LogP contribution >= 0.6 is 0 Å². The maximum Gasteiger partial charge on any atom is 0.161 e. The van der Waals surface area contributed by atoms with Gasteiger partial charge in [0.05, 0.1) is 26.9 Å². The van der Waals surface area contributed by atoms with Crippen LogP contribution in [0.2, 0.25) is 0 Å². The van der Waals surface area contributed by atoms with Gasteiger partial charge in [0.2, 0.25) is 0 Å². The van der Waals surface area contributed by atoms with Crippen molar-refractivity contribution in [3.63, 3.8) is 0 Å². The van der Waals surface area contributed by atoms with Gasteiger partial charge in [0.25, 0.3) is 0 Å². The fraction of sp³-hybridized carbons (Fsp3) is 0.294. The van der Waals surface area contributed by atoms with Gasteiger partial charge in [-0.3, -0.25) is 0 Å². The lowest BCUT2D eigenvalue weighted by atomic mass is 9.97. The van der Waals surface area contributed by atoms with Crippen LogP contribution in [0.3, 0.4) is 0 Å². The van der Waals surface area contributed by atoms with Crippen molar-refractivity contribution in [2.24, 2.45) is 5.73 Å². The van der Waals surface area contributed by atoms with E-state index in [1.165, 1.54) is 5.56 Å². The lowest BCUT2D eigenvalue weighted by Gasteiger charge is -2.16. The normalized spacial score (nSPS) is 14.2. The van der Waals surface area contributed by atoms with Crippen LogP contribution in [0.25, 0.3) is 0 Å². The van der Waals surface area contributed by atoms with Gasteiger partial charge in [0.1, 0.15) is 5.75 Å². The Morgan fingerprint density at radius 3 is 2.48 bits per heavy atom. The summed E-state index contributed by atoms with van der Waals surface area (Å²) in [6, 6.07) is 11.7. The smallest absolute Gasteiger partial charge is 0.161 e. The van der Waals surface area contributed by atoms with Crippen molar-refractivity contribution in [3.8, 4) is 17.2 Å². The van der Waals surface area contributed by atoms with Gasteiger partial charge in [-0.15, -0.1) is 0 Å². The molecule has 1 aliphatic heterocycles. The third-order valence-corrected chi connectivity index (χ3v) is 3.84. The standard InChI is InChI=1S/C17H19NO3/c1-19-15-6-4-13(10-16(15)20-2)17(18)12-3-5-14-11(9-12)7-8-21-14/h3-6,9-10,17H,7-8,18H2,1-2H3. The molecule has 0 aliphatic carbocycles. The molecular weight excluding hydrogens is 266 g/mol. The monoisotopic (exact) mass is 285 g/mol. The van der Waals surface area contributed by atoms with E-state index in [2.05, 4.69) is 6.07 Å². The van der Waals surface area contributed by atoms with Crippen LogP contribution in [0.15, 0.2) is 36.4 Å². The zero-order valence-electron chi connectivity index (χ0n) is 12.3. The predicted octanol–water partition coefficient (Wildman–Crippen LogP) is 2.69. The molecule has 1 heterocycles. The molecule has 0 radical (unpaired) electrons. The molecule has 1 unspecified atom stereocenters. The van der Waals surface area contributed by atoms with Gasteiger partial charge < -0.3 is 19.9 Å². The Labute approximate surface area is 124 Å². The molecule has 2 N–H and O–H groups in total. The van der Waals surface area contributed by atoms with E-state index in [1.807, 2.05) is 30.3 Å². The highest BCUT2D eigenvalue weighted by molar-refractivity contribution is 5.47. The number of hydrogen-bond acceptors (Lipinski definition) is 4. The predicted molar refractivity (Wildman–Crippen MR) is 81.2 cm³/mol. The van der Waals surface area contributed by atoms with E-state index in [4.69, 9.17) is 19.9 Å². The van der Waals surface area contributed by atoms with Gasteiger partial charge in [-0.05, 0) is 34.9 Å². The van der Waals surface area contributed by atoms with Gasteiger partial charge >= 0.3 is 0 Å². The van der Waals surface area contributed by atoms with E-state index < -0.39 is 0 Å². The number of methoxy groups -OCH3 is 2. The van der Waals surface area contributed by atoms with Crippen molar-refractivity contribution in [1.29, 1.82) is 0 Å². The second-order valence-electron chi connectivity index (χ2n) is 5.06. The van der Waals surface area contributed by atoms with Crippen molar-refractivity contribution in [2.75, 3.05) is 20.8 Å². The first-order valence-corrected chi connectivity index (χ1v) is 6.96. The minimum absolute atomic E-state index is 0.198. The van der Waals surface area contributed by atoms with Crippen LogP contribution in [-0.2, 0) is 6.42 Å². The van der Waals surface area contributed by atoms with Crippen molar-refractivity contribution >= 4 is 0 Å². The second kappa shape index (κ2) is 5.66. The number of benzene rings is 2. The van der Waals surface area contributed by atoms with Gasteiger partial charge in [-0.2, -0.15) is 0 Å². The molecule has 2 aromatic rings. The molecule has 0 spiro atoms. The summed E-state index contributed by atoms with van der Waals surface area (Å²) >= 11 is 0. The number of nitrogens with two attached hydrogens (primary N) is 1. The van der Waals surface area contributed by atoms with Gasteiger partial charge in [-0.25, -0.2) is 0 Å². The highest BCUT2D eigenvalue weighted by atomic mass is 16.5. The summed E-state index contributed by atoms with van der Waals surface area (Å²) in [4.78, 5) is 0. The van der Waals surface area contributed by atoms with Crippen LogP contribution in [0, 0.1) is 0 Å². The molecule has 0 saturated carbocycles. The molecule has 4 nitrogen and oxygen atoms in total. The fourth-order valence-electron chi connectivity index (χ4n) is 2.64. The van der Waals surface area contributed by atoms with E-state index in [1.54, 1.807) is 14.2 Å². The molecule has 0 amide bonds. The molecule has 2 aromatic carbocycles. The zero-order valence-corrected chi connectivity index (χ0v) is 12.3. The minimum Gasteiger partial charge on any atom is -0.493 e. The van der Waals surface area contributed by atoms with E-state index in [9.17, 15) is 0 Å². The summed E-state index contributed by atoms with van der Waals surface area (Å²) in [7, 11) is 3.25. The first-order valence-electron chi connectivity index (χ1n) is 6.96. The maximum absolute atomic E-state index is 6.39. The summed E-state index contributed by atoms with van der Waals surface area (Å²) < 4.78 is 16.1. The molecule has 1 atom stereocenters. The number of ether oxygens (including phenoxy) is 3. The molecule has 110 valence electrons. The summed E-state index contributed by atoms with van der Waals surface area (Å²) in [5.41, 5.74) is 9.68. The van der Waals surface area contributed by atoms with Gasteiger partial charge in [-0.1, -0.05) is 18.2 Å². The molecule has 3 rings (SSSR count). The maximum atomic E-state index is 6.39. The highest BCUT2D eigenvalue weighted by Crippen LogP contribution is 2.33. The zero-order chi connectivity index (χ0) is 14.8. The molecule has 0 bridgehead atoms. The molecule has 4 heteroatoms. The lowest BCUT2D eigenvalue weighted by Crippen LogP contribution is -2.12. The molecular formula is C17H19NO3. The fourth-order valence-corrected chi connectivity index (χ4v) is 2.64. The topological polar surface area (TPSA) is 53.7 Å². The summed E-state index contributed by atoms with van der Waals surface area (Å²) in [5.74, 6) is 2.36. The van der Waals surface area contributed by atoms with Gasteiger partial charge in [0.15, 0.2) is 11.5 Å². The Morgan fingerprint density at radius 1 is 1.00 bits per heavy atom. The number of hydrogen-bond donors (Lipinski definition) is 1. The largest absolute Gasteiger partial charge is 0.493 e. The Balaban J connectivity index is 1.93. The first-order chi connectivity index (χ1) is 10.2. The van der Waals surface area contributed by atoms with Gasteiger partial charge in [0, 0.05) is 6.42 Å². The van der Waals surface area contributed by atoms with Crippen molar-refractivity contribution in [2.45, 2.75) is 12.5 Å². The van der Waals surface area contributed by atoms with Crippen LogP contribution in [0.4, 0.5) is 0 Å². The number of fused-ring (bicyclic) bond motifs is 1. The average molecular weight is 285 g/mol. The third-order valence-electron chi connectivity index (χ3n) is 3.84. The van der Waals surface area contributed by atoms with E-state index in [0.717, 1.165) is 29.9 Å². The van der Waals surface area contributed by atoms with Crippen LogP contribution in [0.1, 0.15) is 22.7 Å². The highest BCUT2D eigenvalue weighted by Gasteiger charge is 2.17. The number of rotatable bonds is 4. The third kappa shape index (κ3) is 2.54. The van der Waals surface area contributed by atoms with E-state index in [0.29, 0.717) is 11.5 Å². The SMILES string of the molecule is COc1ccc(C(N)c2ccc3c(c2)CCO3)cc1OC. The molecule has 0 fully saturated rings. The van der Waals surface area contributed by atoms with Crippen LogP contribution < -0.4 is 19.9 Å². The van der Waals surface area contributed by atoms with E-state index >= 15 is 0 Å². The minimum atomic E-state index is -0.198. The lowest BCUT2D eigenvalue weighted by molar-refractivity contribution is 0.354. The first kappa shape index (κ1) is 13.8. The van der Waals surface area contributed by atoms with Crippen molar-refractivity contribution in [3.05, 3.63) is 53.1 Å². The Morgan fingerprint density at radius 2 is 1.71 bits per heavy atom. The van der Waals surface area contributed by atoms with E-state index in [-0.39, 0.29) is 6.04 Å². The summed E-state index contributed by atoms with van der Waals surface area (Å²) in [5, 5.41) is 0. The van der Waals surface area contributed by atoms with Crippen LogP contribution in [0.5, 0.6) is 17.2 Å². The Kier molecular flexibility index (Phi) is 3.71. The second-order valence-corrected chi connectivity index (χ2v) is 5.06. The molecule has 0 aromatic heterocycles. The summed E-state index contributed by atoms with van der Waals surface area (Å²) in [6.07, 6.45) is 0.946. The Hall–Kier alpha value is -2.20. The summed E-state index contributed by atoms with van der Waals surface area (Å²) in [6.45, 7) is 0.754. The van der Waals surface area contributed by atoms with Crippen molar-refractivity contribution < 1.29 is 14.2 Å². The molecule has 21 heavy (non-hydrogen) atoms. The molecule has 1 aliphatic rings.